The fourth-order valence-corrected chi connectivity index (χ4v) is 5.60. The number of sulfonamides is 1. The van der Waals surface area contributed by atoms with Crippen LogP contribution in [0.25, 0.3) is 0 Å². The summed E-state index contributed by atoms with van der Waals surface area (Å²) in [5.74, 6) is -1.22. The second-order valence-corrected chi connectivity index (χ2v) is 7.60. The Balaban J connectivity index is 2.15. The maximum Gasteiger partial charge on any atom is 0.347 e. The average Bonchev–Trinajstić information content (AvgIpc) is 3.01. The zero-order valence-corrected chi connectivity index (χ0v) is 12.8. The van der Waals surface area contributed by atoms with Crippen molar-refractivity contribution >= 4 is 33.0 Å². The van der Waals surface area contributed by atoms with Gasteiger partial charge in [-0.15, -0.1) is 11.3 Å². The normalized spacial score (nSPS) is 17.8. The number of rotatable bonds is 3. The molecule has 0 unspecified atom stereocenters. The highest BCUT2D eigenvalue weighted by atomic mass is 32.2. The molecular weight excluding hydrogens is 310 g/mol. The molecule has 1 N–H and O–H groups in total. The summed E-state index contributed by atoms with van der Waals surface area (Å²) in [7, 11) is -3.87. The molecule has 0 saturated carbocycles. The quantitative estimate of drug-likeness (QED) is 0.942. The summed E-state index contributed by atoms with van der Waals surface area (Å²) in [5.41, 5.74) is 1.59. The molecule has 110 valence electrons. The van der Waals surface area contributed by atoms with Gasteiger partial charge in [0.25, 0.3) is 10.0 Å². The minimum atomic E-state index is -3.87. The van der Waals surface area contributed by atoms with Crippen molar-refractivity contribution in [2.75, 3.05) is 4.31 Å². The SMILES string of the molecule is C[C@@H]1Cc2ccccc2N1S(=O)(=O)c1ccsc1C(=O)O. The van der Waals surface area contributed by atoms with Crippen LogP contribution in [0.1, 0.15) is 22.2 Å². The lowest BCUT2D eigenvalue weighted by Gasteiger charge is -2.24. The Bertz CT molecular complexity index is 810. The van der Waals surface area contributed by atoms with E-state index in [4.69, 9.17) is 5.11 Å². The summed E-state index contributed by atoms with van der Waals surface area (Å²) < 4.78 is 27.1. The van der Waals surface area contributed by atoms with Crippen LogP contribution in [-0.2, 0) is 16.4 Å². The minimum Gasteiger partial charge on any atom is -0.477 e. The molecule has 1 atom stereocenters. The molecule has 1 aromatic carbocycles. The zero-order chi connectivity index (χ0) is 15.2. The molecule has 1 aliphatic heterocycles. The highest BCUT2D eigenvalue weighted by Crippen LogP contribution is 2.38. The van der Waals surface area contributed by atoms with Gasteiger partial charge in [-0.05, 0) is 36.4 Å². The van der Waals surface area contributed by atoms with Crippen LogP contribution in [0.4, 0.5) is 5.69 Å². The van der Waals surface area contributed by atoms with Gasteiger partial charge in [0, 0.05) is 6.04 Å². The third-order valence-electron chi connectivity index (χ3n) is 3.50. The predicted octanol–water partition coefficient (Wildman–Crippen LogP) is 2.59. The molecular formula is C14H13NO4S2. The van der Waals surface area contributed by atoms with E-state index in [1.165, 1.54) is 15.8 Å². The zero-order valence-electron chi connectivity index (χ0n) is 11.2. The number of carboxylic acid groups (broad SMARTS) is 1. The van der Waals surface area contributed by atoms with Gasteiger partial charge in [0.05, 0.1) is 5.69 Å². The molecule has 1 aliphatic rings. The van der Waals surface area contributed by atoms with E-state index in [1.54, 1.807) is 12.1 Å². The molecule has 0 bridgehead atoms. The number of hydrogen-bond acceptors (Lipinski definition) is 4. The molecule has 1 aromatic heterocycles. The predicted molar refractivity (Wildman–Crippen MR) is 80.6 cm³/mol. The highest BCUT2D eigenvalue weighted by molar-refractivity contribution is 7.93. The Morgan fingerprint density at radius 1 is 1.33 bits per heavy atom. The van der Waals surface area contributed by atoms with Gasteiger partial charge in [0.1, 0.15) is 9.77 Å². The van der Waals surface area contributed by atoms with Crippen LogP contribution < -0.4 is 4.31 Å². The van der Waals surface area contributed by atoms with Gasteiger partial charge in [0.2, 0.25) is 0 Å². The Hall–Kier alpha value is -1.86. The van der Waals surface area contributed by atoms with Gasteiger partial charge in [-0.25, -0.2) is 13.2 Å². The van der Waals surface area contributed by atoms with Crippen molar-refractivity contribution in [3.8, 4) is 0 Å². The molecule has 0 spiro atoms. The molecule has 0 fully saturated rings. The summed E-state index contributed by atoms with van der Waals surface area (Å²) in [6, 6.07) is 8.43. The first-order chi connectivity index (χ1) is 9.93. The van der Waals surface area contributed by atoms with Crippen LogP contribution in [0.5, 0.6) is 0 Å². The van der Waals surface area contributed by atoms with Crippen LogP contribution in [0.3, 0.4) is 0 Å². The first-order valence-corrected chi connectivity index (χ1v) is 8.68. The van der Waals surface area contributed by atoms with Gasteiger partial charge in [-0.3, -0.25) is 4.31 Å². The Morgan fingerprint density at radius 2 is 2.05 bits per heavy atom. The number of carbonyl (C=O) groups is 1. The molecule has 5 nitrogen and oxygen atoms in total. The summed E-state index contributed by atoms with van der Waals surface area (Å²) >= 11 is 0.920. The van der Waals surface area contributed by atoms with E-state index in [-0.39, 0.29) is 15.8 Å². The van der Waals surface area contributed by atoms with Crippen molar-refractivity contribution in [3.05, 3.63) is 46.2 Å². The van der Waals surface area contributed by atoms with Crippen molar-refractivity contribution in [3.63, 3.8) is 0 Å². The number of aromatic carboxylic acids is 1. The topological polar surface area (TPSA) is 74.7 Å². The maximum absolute atomic E-state index is 12.9. The van der Waals surface area contributed by atoms with E-state index < -0.39 is 16.0 Å². The third kappa shape index (κ3) is 2.13. The fourth-order valence-electron chi connectivity index (χ4n) is 2.67. The van der Waals surface area contributed by atoms with Crippen molar-refractivity contribution in [1.82, 2.24) is 0 Å². The lowest BCUT2D eigenvalue weighted by molar-refractivity contribution is 0.0698. The molecule has 7 heteroatoms. The smallest absolute Gasteiger partial charge is 0.347 e. The molecule has 0 amide bonds. The van der Waals surface area contributed by atoms with Crippen molar-refractivity contribution in [1.29, 1.82) is 0 Å². The molecule has 3 rings (SSSR count). The van der Waals surface area contributed by atoms with Gasteiger partial charge >= 0.3 is 5.97 Å². The molecule has 0 radical (unpaired) electrons. The monoisotopic (exact) mass is 323 g/mol. The number of para-hydroxylation sites is 1. The van der Waals surface area contributed by atoms with E-state index >= 15 is 0 Å². The number of benzene rings is 1. The summed E-state index contributed by atoms with van der Waals surface area (Å²) in [4.78, 5) is 10.9. The number of nitrogens with zero attached hydrogens (tertiary/aromatic N) is 1. The van der Waals surface area contributed by atoms with Crippen molar-refractivity contribution in [2.24, 2.45) is 0 Å². The maximum atomic E-state index is 12.9. The van der Waals surface area contributed by atoms with Crippen LogP contribution in [-0.4, -0.2) is 25.5 Å². The second-order valence-electron chi connectivity index (χ2n) is 4.90. The van der Waals surface area contributed by atoms with Crippen molar-refractivity contribution in [2.45, 2.75) is 24.3 Å². The number of hydrogen-bond donors (Lipinski definition) is 1. The van der Waals surface area contributed by atoms with Crippen LogP contribution in [0, 0.1) is 0 Å². The van der Waals surface area contributed by atoms with Crippen LogP contribution >= 0.6 is 11.3 Å². The van der Waals surface area contributed by atoms with E-state index in [2.05, 4.69) is 0 Å². The second kappa shape index (κ2) is 4.85. The average molecular weight is 323 g/mol. The standard InChI is InChI=1S/C14H13NO4S2/c1-9-8-10-4-2-3-5-11(10)15(9)21(18,19)12-6-7-20-13(12)14(16)17/h2-7,9H,8H2,1H3,(H,16,17)/t9-/m1/s1. The lowest BCUT2D eigenvalue weighted by Crippen LogP contribution is -2.36. The Labute approximate surface area is 126 Å². The number of fused-ring (bicyclic) bond motifs is 1. The molecule has 2 aromatic rings. The Kier molecular flexibility index (Phi) is 3.26. The van der Waals surface area contributed by atoms with Gasteiger partial charge in [-0.1, -0.05) is 18.2 Å². The van der Waals surface area contributed by atoms with Gasteiger partial charge in [0.15, 0.2) is 0 Å². The third-order valence-corrected chi connectivity index (χ3v) is 6.51. The summed E-state index contributed by atoms with van der Waals surface area (Å²) in [6.45, 7) is 1.82. The van der Waals surface area contributed by atoms with E-state index in [9.17, 15) is 13.2 Å². The largest absolute Gasteiger partial charge is 0.477 e. The van der Waals surface area contributed by atoms with E-state index in [0.29, 0.717) is 12.1 Å². The number of thiophene rings is 1. The number of carboxylic acids is 1. The molecule has 0 saturated heterocycles. The molecule has 2 heterocycles. The van der Waals surface area contributed by atoms with Gasteiger partial charge < -0.3 is 5.11 Å². The lowest BCUT2D eigenvalue weighted by atomic mass is 10.1. The minimum absolute atomic E-state index is 0.136. The van der Waals surface area contributed by atoms with Crippen LogP contribution in [0.2, 0.25) is 0 Å². The van der Waals surface area contributed by atoms with E-state index in [1.807, 2.05) is 19.1 Å². The fraction of sp³-hybridized carbons (Fsp3) is 0.214. The van der Waals surface area contributed by atoms with Crippen LogP contribution in [0.15, 0.2) is 40.6 Å². The van der Waals surface area contributed by atoms with E-state index in [0.717, 1.165) is 16.9 Å². The molecule has 21 heavy (non-hydrogen) atoms. The highest BCUT2D eigenvalue weighted by Gasteiger charge is 2.38. The van der Waals surface area contributed by atoms with Crippen molar-refractivity contribution < 1.29 is 18.3 Å². The number of anilines is 1. The van der Waals surface area contributed by atoms with Gasteiger partial charge in [-0.2, -0.15) is 0 Å². The Morgan fingerprint density at radius 3 is 2.76 bits per heavy atom. The summed E-state index contributed by atoms with van der Waals surface area (Å²) in [6.07, 6.45) is 0.627. The summed E-state index contributed by atoms with van der Waals surface area (Å²) in [5, 5.41) is 10.6. The first-order valence-electron chi connectivity index (χ1n) is 6.36. The first kappa shape index (κ1) is 14.1. The molecule has 0 aliphatic carbocycles.